The highest BCUT2D eigenvalue weighted by Crippen LogP contribution is 2.20. The van der Waals surface area contributed by atoms with E-state index >= 15 is 0 Å². The maximum Gasteiger partial charge on any atom is 0.168 e. The SMILES string of the molecule is CCCCCC(C)Nc1nc(NCC)c(F)cc1F. The Kier molecular flexibility index (Phi) is 6.53. The number of pyridine rings is 1. The van der Waals surface area contributed by atoms with Gasteiger partial charge in [-0.05, 0) is 20.3 Å². The number of unbranched alkanes of at least 4 members (excludes halogenated alkanes) is 2. The fraction of sp³-hybridized carbons (Fsp3) is 0.643. The molecule has 0 aliphatic carbocycles. The van der Waals surface area contributed by atoms with Crippen LogP contribution in [0.5, 0.6) is 0 Å². The van der Waals surface area contributed by atoms with Crippen LogP contribution in [0.2, 0.25) is 0 Å². The molecule has 1 atom stereocenters. The van der Waals surface area contributed by atoms with Crippen LogP contribution in [0.4, 0.5) is 20.4 Å². The van der Waals surface area contributed by atoms with Gasteiger partial charge in [0.05, 0.1) is 0 Å². The van der Waals surface area contributed by atoms with Gasteiger partial charge in [0.15, 0.2) is 23.3 Å². The molecule has 1 aromatic rings. The second-order valence-electron chi connectivity index (χ2n) is 4.72. The lowest BCUT2D eigenvalue weighted by Gasteiger charge is -2.16. The number of aromatic nitrogens is 1. The topological polar surface area (TPSA) is 37.0 Å². The molecule has 0 aliphatic heterocycles. The molecule has 0 aliphatic rings. The molecule has 0 bridgehead atoms. The average Bonchev–Trinajstić information content (AvgIpc) is 2.35. The first-order chi connectivity index (χ1) is 9.08. The zero-order chi connectivity index (χ0) is 14.3. The van der Waals surface area contributed by atoms with E-state index in [2.05, 4.69) is 22.5 Å². The van der Waals surface area contributed by atoms with Crippen molar-refractivity contribution in [2.75, 3.05) is 17.2 Å². The molecule has 0 amide bonds. The summed E-state index contributed by atoms with van der Waals surface area (Å²) in [5.41, 5.74) is 0. The largest absolute Gasteiger partial charge is 0.368 e. The maximum absolute atomic E-state index is 13.6. The highest BCUT2D eigenvalue weighted by molar-refractivity contribution is 5.47. The first kappa shape index (κ1) is 15.7. The Hall–Kier alpha value is -1.39. The van der Waals surface area contributed by atoms with Crippen LogP contribution in [0.25, 0.3) is 0 Å². The van der Waals surface area contributed by atoms with Gasteiger partial charge in [-0.2, -0.15) is 0 Å². The molecule has 2 N–H and O–H groups in total. The van der Waals surface area contributed by atoms with Crippen molar-refractivity contribution in [3.8, 4) is 0 Å². The molecular formula is C14H23F2N3. The van der Waals surface area contributed by atoms with Crippen LogP contribution in [0.15, 0.2) is 6.07 Å². The fourth-order valence-corrected chi connectivity index (χ4v) is 1.87. The maximum atomic E-state index is 13.6. The third-order valence-electron chi connectivity index (χ3n) is 2.90. The van der Waals surface area contributed by atoms with Gasteiger partial charge >= 0.3 is 0 Å². The van der Waals surface area contributed by atoms with E-state index < -0.39 is 11.6 Å². The number of rotatable bonds is 8. The van der Waals surface area contributed by atoms with E-state index in [-0.39, 0.29) is 17.7 Å². The standard InChI is InChI=1S/C14H23F2N3/c1-4-6-7-8-10(3)18-14-12(16)9-11(15)13(19-14)17-5-2/h9-10H,4-8H2,1-3H3,(H2,17,18,19). The molecule has 5 heteroatoms. The summed E-state index contributed by atoms with van der Waals surface area (Å²) in [4.78, 5) is 3.96. The quantitative estimate of drug-likeness (QED) is 0.697. The number of hydrogen-bond acceptors (Lipinski definition) is 3. The van der Waals surface area contributed by atoms with Crippen LogP contribution >= 0.6 is 0 Å². The van der Waals surface area contributed by atoms with E-state index in [0.29, 0.717) is 6.54 Å². The summed E-state index contributed by atoms with van der Waals surface area (Å²) in [7, 11) is 0. The number of halogens is 2. The number of hydrogen-bond donors (Lipinski definition) is 2. The molecule has 0 aromatic carbocycles. The first-order valence-corrected chi connectivity index (χ1v) is 6.94. The van der Waals surface area contributed by atoms with Crippen molar-refractivity contribution in [2.24, 2.45) is 0 Å². The molecule has 3 nitrogen and oxygen atoms in total. The predicted octanol–water partition coefficient (Wildman–Crippen LogP) is 4.17. The van der Waals surface area contributed by atoms with E-state index in [1.54, 1.807) is 0 Å². The Balaban J connectivity index is 2.68. The van der Waals surface area contributed by atoms with Crippen molar-refractivity contribution in [3.63, 3.8) is 0 Å². The second-order valence-corrected chi connectivity index (χ2v) is 4.72. The average molecular weight is 271 g/mol. The van der Waals surface area contributed by atoms with Gasteiger partial charge in [-0.3, -0.25) is 0 Å². The monoisotopic (exact) mass is 271 g/mol. The minimum absolute atomic E-state index is 0.0900. The summed E-state index contributed by atoms with van der Waals surface area (Å²) in [6, 6.07) is 0.986. The van der Waals surface area contributed by atoms with Crippen LogP contribution in [-0.4, -0.2) is 17.6 Å². The molecule has 0 fully saturated rings. The van der Waals surface area contributed by atoms with Crippen molar-refractivity contribution in [2.45, 2.75) is 52.5 Å². The zero-order valence-corrected chi connectivity index (χ0v) is 11.9. The van der Waals surface area contributed by atoms with Crippen LogP contribution in [0.3, 0.4) is 0 Å². The van der Waals surface area contributed by atoms with Gasteiger partial charge in [-0.25, -0.2) is 13.8 Å². The summed E-state index contributed by atoms with van der Waals surface area (Å²) in [6.45, 7) is 6.50. The van der Waals surface area contributed by atoms with E-state index in [0.717, 1.165) is 31.7 Å². The Labute approximate surface area is 113 Å². The first-order valence-electron chi connectivity index (χ1n) is 6.94. The molecule has 0 radical (unpaired) electrons. The van der Waals surface area contributed by atoms with Crippen molar-refractivity contribution in [1.29, 1.82) is 0 Å². The van der Waals surface area contributed by atoms with Crippen LogP contribution in [-0.2, 0) is 0 Å². The molecule has 1 aromatic heterocycles. The van der Waals surface area contributed by atoms with Gasteiger partial charge in [0.2, 0.25) is 0 Å². The normalized spacial score (nSPS) is 12.3. The van der Waals surface area contributed by atoms with Gasteiger partial charge in [0.25, 0.3) is 0 Å². The highest BCUT2D eigenvalue weighted by Gasteiger charge is 2.13. The summed E-state index contributed by atoms with van der Waals surface area (Å²) in [6.07, 6.45) is 4.35. The van der Waals surface area contributed by atoms with Crippen LogP contribution in [0, 0.1) is 11.6 Å². The molecule has 1 rings (SSSR count). The molecule has 108 valence electrons. The van der Waals surface area contributed by atoms with Crippen molar-refractivity contribution in [3.05, 3.63) is 17.7 Å². The second kappa shape index (κ2) is 7.92. The minimum Gasteiger partial charge on any atom is -0.368 e. The Morgan fingerprint density at radius 2 is 1.84 bits per heavy atom. The lowest BCUT2D eigenvalue weighted by atomic mass is 10.1. The van der Waals surface area contributed by atoms with Crippen molar-refractivity contribution < 1.29 is 8.78 Å². The summed E-state index contributed by atoms with van der Waals surface area (Å²) < 4.78 is 27.0. The van der Waals surface area contributed by atoms with Gasteiger partial charge in [0.1, 0.15) is 0 Å². The molecule has 0 saturated heterocycles. The highest BCUT2D eigenvalue weighted by atomic mass is 19.1. The van der Waals surface area contributed by atoms with E-state index in [1.807, 2.05) is 13.8 Å². The Bertz CT molecular complexity index is 397. The molecule has 1 unspecified atom stereocenters. The van der Waals surface area contributed by atoms with Crippen molar-refractivity contribution in [1.82, 2.24) is 4.98 Å². The Morgan fingerprint density at radius 1 is 1.16 bits per heavy atom. The summed E-state index contributed by atoms with van der Waals surface area (Å²) in [5.74, 6) is -1.11. The lowest BCUT2D eigenvalue weighted by Crippen LogP contribution is -2.18. The number of nitrogens with one attached hydrogen (secondary N) is 2. The smallest absolute Gasteiger partial charge is 0.168 e. The van der Waals surface area contributed by atoms with E-state index in [4.69, 9.17) is 0 Å². The summed E-state index contributed by atoms with van der Waals surface area (Å²) in [5, 5.41) is 5.78. The van der Waals surface area contributed by atoms with Gasteiger partial charge in [0, 0.05) is 18.7 Å². The molecular weight excluding hydrogens is 248 g/mol. The molecule has 0 saturated carbocycles. The number of nitrogens with zero attached hydrogens (tertiary/aromatic N) is 1. The van der Waals surface area contributed by atoms with Gasteiger partial charge < -0.3 is 10.6 Å². The third-order valence-corrected chi connectivity index (χ3v) is 2.90. The molecule has 19 heavy (non-hydrogen) atoms. The predicted molar refractivity (Wildman–Crippen MR) is 75.5 cm³/mol. The van der Waals surface area contributed by atoms with Crippen molar-refractivity contribution >= 4 is 11.6 Å². The van der Waals surface area contributed by atoms with E-state index in [1.165, 1.54) is 0 Å². The minimum atomic E-state index is -0.663. The van der Waals surface area contributed by atoms with Crippen LogP contribution < -0.4 is 10.6 Å². The lowest BCUT2D eigenvalue weighted by molar-refractivity contribution is 0.569. The molecule has 0 spiro atoms. The number of anilines is 2. The van der Waals surface area contributed by atoms with Crippen LogP contribution in [0.1, 0.15) is 46.5 Å². The fourth-order valence-electron chi connectivity index (χ4n) is 1.87. The van der Waals surface area contributed by atoms with Gasteiger partial charge in [-0.1, -0.05) is 26.2 Å². The third kappa shape index (κ3) is 5.01. The Morgan fingerprint density at radius 3 is 2.47 bits per heavy atom. The summed E-state index contributed by atoms with van der Waals surface area (Å²) >= 11 is 0. The zero-order valence-electron chi connectivity index (χ0n) is 11.9. The van der Waals surface area contributed by atoms with E-state index in [9.17, 15) is 8.78 Å². The molecule has 1 heterocycles. The van der Waals surface area contributed by atoms with Gasteiger partial charge in [-0.15, -0.1) is 0 Å².